The largest absolute Gasteiger partial charge is 0.424 e. The molecule has 0 unspecified atom stereocenters. The molecule has 1 aromatic heterocycles. The topological polar surface area (TPSA) is 74.2 Å². The Labute approximate surface area is 76.3 Å². The number of hydrogen-bond donors (Lipinski definition) is 1. The van der Waals surface area contributed by atoms with Crippen molar-refractivity contribution in [2.24, 2.45) is 5.73 Å². The molecule has 1 aliphatic heterocycles. The van der Waals surface area contributed by atoms with Crippen LogP contribution in [0.25, 0.3) is 0 Å². The summed E-state index contributed by atoms with van der Waals surface area (Å²) in [5.74, 6) is 1.43. The molecule has 0 bridgehead atoms. The van der Waals surface area contributed by atoms with Gasteiger partial charge in [-0.2, -0.15) is 0 Å². The highest BCUT2D eigenvalue weighted by Crippen LogP contribution is 2.23. The number of nitrogens with two attached hydrogens (primary N) is 1. The molecule has 5 heteroatoms. The minimum atomic E-state index is 0.265. The number of rotatable bonds is 2. The summed E-state index contributed by atoms with van der Waals surface area (Å²) in [5.41, 5.74) is 5.37. The van der Waals surface area contributed by atoms with Crippen LogP contribution >= 0.6 is 0 Å². The summed E-state index contributed by atoms with van der Waals surface area (Å²) >= 11 is 0. The van der Waals surface area contributed by atoms with Gasteiger partial charge in [-0.3, -0.25) is 0 Å². The quantitative estimate of drug-likeness (QED) is 0.719. The first-order valence-electron chi connectivity index (χ1n) is 4.50. The van der Waals surface area contributed by atoms with Crippen molar-refractivity contribution < 1.29 is 9.15 Å². The Balaban J connectivity index is 2.05. The highest BCUT2D eigenvalue weighted by molar-refractivity contribution is 4.92. The van der Waals surface area contributed by atoms with Crippen LogP contribution in [0.2, 0.25) is 0 Å². The fourth-order valence-electron chi connectivity index (χ4n) is 1.45. The van der Waals surface area contributed by atoms with Gasteiger partial charge in [0.15, 0.2) is 0 Å². The Kier molecular flexibility index (Phi) is 2.56. The molecule has 2 N–H and O–H groups in total. The number of aromatic nitrogens is 2. The van der Waals surface area contributed by atoms with Crippen molar-refractivity contribution in [1.29, 1.82) is 0 Å². The summed E-state index contributed by atoms with van der Waals surface area (Å²) in [4.78, 5) is 0. The first-order chi connectivity index (χ1) is 6.40. The lowest BCUT2D eigenvalue weighted by Crippen LogP contribution is -2.15. The third-order valence-corrected chi connectivity index (χ3v) is 2.17. The summed E-state index contributed by atoms with van der Waals surface area (Å²) in [6.45, 7) is 1.83. The number of hydrogen-bond acceptors (Lipinski definition) is 5. The van der Waals surface area contributed by atoms with Crippen LogP contribution in [0, 0.1) is 0 Å². The smallest absolute Gasteiger partial charge is 0.230 e. The minimum absolute atomic E-state index is 0.265. The average molecular weight is 183 g/mol. The highest BCUT2D eigenvalue weighted by atomic mass is 16.5. The molecule has 0 aliphatic carbocycles. The molecule has 0 radical (unpaired) electrons. The Morgan fingerprint density at radius 1 is 1.46 bits per heavy atom. The minimum Gasteiger partial charge on any atom is -0.424 e. The van der Waals surface area contributed by atoms with Crippen LogP contribution < -0.4 is 5.73 Å². The van der Waals surface area contributed by atoms with Gasteiger partial charge < -0.3 is 14.9 Å². The summed E-state index contributed by atoms with van der Waals surface area (Å²) in [7, 11) is 0. The van der Waals surface area contributed by atoms with Crippen LogP contribution in [0.5, 0.6) is 0 Å². The molecule has 0 saturated carbocycles. The van der Waals surface area contributed by atoms with E-state index in [0.29, 0.717) is 24.9 Å². The molecule has 13 heavy (non-hydrogen) atoms. The van der Waals surface area contributed by atoms with Crippen LogP contribution in [0.3, 0.4) is 0 Å². The maximum absolute atomic E-state index is 5.37. The van der Waals surface area contributed by atoms with Gasteiger partial charge in [0.25, 0.3) is 0 Å². The third-order valence-electron chi connectivity index (χ3n) is 2.17. The second-order valence-corrected chi connectivity index (χ2v) is 3.15. The number of ether oxygens (including phenoxy) is 1. The first-order valence-corrected chi connectivity index (χ1v) is 4.50. The van der Waals surface area contributed by atoms with Crippen molar-refractivity contribution in [3.63, 3.8) is 0 Å². The van der Waals surface area contributed by atoms with E-state index >= 15 is 0 Å². The van der Waals surface area contributed by atoms with Crippen molar-refractivity contribution in [2.75, 3.05) is 13.2 Å². The Morgan fingerprint density at radius 3 is 3.00 bits per heavy atom. The van der Waals surface area contributed by atoms with Crippen LogP contribution in [0.1, 0.15) is 30.5 Å². The maximum atomic E-state index is 5.37. The van der Waals surface area contributed by atoms with E-state index in [0.717, 1.165) is 19.4 Å². The van der Waals surface area contributed by atoms with Gasteiger partial charge in [-0.05, 0) is 12.8 Å². The van der Waals surface area contributed by atoms with Crippen LogP contribution in [0.15, 0.2) is 4.42 Å². The Morgan fingerprint density at radius 2 is 2.38 bits per heavy atom. The van der Waals surface area contributed by atoms with E-state index in [2.05, 4.69) is 10.2 Å². The fraction of sp³-hybridized carbons (Fsp3) is 0.750. The van der Waals surface area contributed by atoms with Gasteiger partial charge in [-0.25, -0.2) is 0 Å². The van der Waals surface area contributed by atoms with E-state index in [1.807, 2.05) is 0 Å². The molecule has 0 amide bonds. The molecule has 1 atom stereocenters. The SMILES string of the molecule is NCc1nnc([C@H]2CCCOC2)o1. The molecular weight excluding hydrogens is 170 g/mol. The van der Waals surface area contributed by atoms with Crippen molar-refractivity contribution in [3.05, 3.63) is 11.8 Å². The lowest BCUT2D eigenvalue weighted by molar-refractivity contribution is 0.0721. The standard InChI is InChI=1S/C8H13N3O2/c9-4-7-10-11-8(13-7)6-2-1-3-12-5-6/h6H,1-5,9H2/t6-/m0/s1. The second-order valence-electron chi connectivity index (χ2n) is 3.15. The zero-order valence-corrected chi connectivity index (χ0v) is 7.40. The molecule has 2 rings (SSSR count). The average Bonchev–Trinajstić information content (AvgIpc) is 2.67. The van der Waals surface area contributed by atoms with Crippen molar-refractivity contribution in [2.45, 2.75) is 25.3 Å². The van der Waals surface area contributed by atoms with E-state index in [9.17, 15) is 0 Å². The fourth-order valence-corrected chi connectivity index (χ4v) is 1.45. The predicted octanol–water partition coefficient (Wildman–Crippen LogP) is 0.422. The van der Waals surface area contributed by atoms with Gasteiger partial charge in [0.2, 0.25) is 11.8 Å². The van der Waals surface area contributed by atoms with Gasteiger partial charge in [-0.1, -0.05) is 0 Å². The predicted molar refractivity (Wildman–Crippen MR) is 45.0 cm³/mol. The van der Waals surface area contributed by atoms with Gasteiger partial charge in [0.1, 0.15) is 0 Å². The van der Waals surface area contributed by atoms with Crippen LogP contribution in [0.4, 0.5) is 0 Å². The highest BCUT2D eigenvalue weighted by Gasteiger charge is 2.21. The Bertz CT molecular complexity index is 268. The maximum Gasteiger partial charge on any atom is 0.230 e. The summed E-state index contributed by atoms with van der Waals surface area (Å²) in [6.07, 6.45) is 2.12. The molecule has 72 valence electrons. The zero-order chi connectivity index (χ0) is 9.10. The van der Waals surface area contributed by atoms with Gasteiger partial charge >= 0.3 is 0 Å². The summed E-state index contributed by atoms with van der Waals surface area (Å²) < 4.78 is 10.7. The lowest BCUT2D eigenvalue weighted by atomic mass is 10.0. The Hall–Kier alpha value is -0.940. The molecule has 1 aliphatic rings. The molecule has 1 fully saturated rings. The summed E-state index contributed by atoms with van der Waals surface area (Å²) in [5, 5.41) is 7.75. The second kappa shape index (κ2) is 3.85. The molecule has 2 heterocycles. The van der Waals surface area contributed by atoms with Gasteiger partial charge in [0, 0.05) is 6.61 Å². The third kappa shape index (κ3) is 1.87. The molecule has 5 nitrogen and oxygen atoms in total. The lowest BCUT2D eigenvalue weighted by Gasteiger charge is -2.18. The van der Waals surface area contributed by atoms with Crippen LogP contribution in [-0.2, 0) is 11.3 Å². The molecule has 0 spiro atoms. The van der Waals surface area contributed by atoms with Crippen molar-refractivity contribution in [3.8, 4) is 0 Å². The van der Waals surface area contributed by atoms with Gasteiger partial charge in [-0.15, -0.1) is 10.2 Å². The zero-order valence-electron chi connectivity index (χ0n) is 7.40. The number of nitrogens with zero attached hydrogens (tertiary/aromatic N) is 2. The summed E-state index contributed by atoms with van der Waals surface area (Å²) in [6, 6.07) is 0. The van der Waals surface area contributed by atoms with E-state index in [1.54, 1.807) is 0 Å². The van der Waals surface area contributed by atoms with E-state index in [1.165, 1.54) is 0 Å². The molecule has 0 aromatic carbocycles. The van der Waals surface area contributed by atoms with Crippen molar-refractivity contribution >= 4 is 0 Å². The normalized spacial score (nSPS) is 23.3. The molecular formula is C8H13N3O2. The first kappa shape index (κ1) is 8.65. The van der Waals surface area contributed by atoms with E-state index in [4.69, 9.17) is 14.9 Å². The molecule has 1 aromatic rings. The van der Waals surface area contributed by atoms with Crippen LogP contribution in [-0.4, -0.2) is 23.4 Å². The van der Waals surface area contributed by atoms with E-state index < -0.39 is 0 Å². The van der Waals surface area contributed by atoms with E-state index in [-0.39, 0.29) is 5.92 Å². The monoisotopic (exact) mass is 183 g/mol. The molecule has 1 saturated heterocycles. The van der Waals surface area contributed by atoms with Gasteiger partial charge in [0.05, 0.1) is 19.1 Å². The van der Waals surface area contributed by atoms with Crippen molar-refractivity contribution in [1.82, 2.24) is 10.2 Å².